The van der Waals surface area contributed by atoms with Crippen LogP contribution in [0.15, 0.2) is 47.8 Å². The fourth-order valence-electron chi connectivity index (χ4n) is 4.91. The van der Waals surface area contributed by atoms with Gasteiger partial charge in [-0.15, -0.1) is 11.3 Å². The number of sulfonamides is 1. The first-order valence-corrected chi connectivity index (χ1v) is 16.2. The fraction of sp³-hybridized carbons (Fsp3) is 0.433. The molecule has 0 saturated carbocycles. The van der Waals surface area contributed by atoms with Gasteiger partial charge < -0.3 is 14.4 Å². The zero-order valence-electron chi connectivity index (χ0n) is 23.8. The summed E-state index contributed by atoms with van der Waals surface area (Å²) in [5, 5.41) is 2.14. The van der Waals surface area contributed by atoms with Crippen molar-refractivity contribution in [3.8, 4) is 11.5 Å². The largest absolute Gasteiger partial charge is 0.496 e. The van der Waals surface area contributed by atoms with Crippen LogP contribution in [-0.4, -0.2) is 73.9 Å². The quantitative estimate of drug-likeness (QED) is 0.261. The lowest BCUT2D eigenvalue weighted by atomic mass is 10.1. The normalized spacial score (nSPS) is 14.0. The third-order valence-corrected chi connectivity index (χ3v) is 9.82. The Kier molecular flexibility index (Phi) is 10.5. The van der Waals surface area contributed by atoms with E-state index in [2.05, 4.69) is 17.1 Å². The van der Waals surface area contributed by atoms with Crippen LogP contribution < -0.4 is 9.47 Å². The Bertz CT molecular complexity index is 1420. The molecule has 1 fully saturated rings. The molecule has 9 nitrogen and oxygen atoms in total. The van der Waals surface area contributed by atoms with Gasteiger partial charge in [0.05, 0.1) is 20.8 Å². The molecule has 220 valence electrons. The molecule has 2 heterocycles. The second-order valence-corrected chi connectivity index (χ2v) is 13.0. The molecule has 1 saturated heterocycles. The topological polar surface area (TPSA) is 106 Å². The molecule has 1 aliphatic heterocycles. The van der Waals surface area contributed by atoms with E-state index in [9.17, 15) is 18.0 Å². The van der Waals surface area contributed by atoms with E-state index in [1.54, 1.807) is 36.6 Å². The lowest BCUT2D eigenvalue weighted by molar-refractivity contribution is 0.0740. The number of Topliss-reactive ketones (excluding diaryl/α,β-unsaturated/α-hetero) is 1. The second-order valence-electron chi connectivity index (χ2n) is 10.1. The fourth-order valence-corrected chi connectivity index (χ4v) is 7.20. The molecule has 0 spiro atoms. The van der Waals surface area contributed by atoms with Crippen LogP contribution in [0.2, 0.25) is 0 Å². The molecule has 41 heavy (non-hydrogen) atoms. The van der Waals surface area contributed by atoms with Crippen LogP contribution in [0.5, 0.6) is 11.5 Å². The number of aromatic nitrogens is 1. The van der Waals surface area contributed by atoms with Crippen molar-refractivity contribution >= 4 is 33.1 Å². The summed E-state index contributed by atoms with van der Waals surface area (Å²) in [6.07, 6.45) is 4.13. The van der Waals surface area contributed by atoms with E-state index < -0.39 is 21.6 Å². The number of ketones is 1. The molecule has 0 radical (unpaired) electrons. The van der Waals surface area contributed by atoms with Gasteiger partial charge in [-0.1, -0.05) is 36.8 Å². The van der Waals surface area contributed by atoms with E-state index in [-0.39, 0.29) is 18.1 Å². The summed E-state index contributed by atoms with van der Waals surface area (Å²) in [6.45, 7) is 3.41. The average Bonchev–Trinajstić information content (AvgIpc) is 3.46. The summed E-state index contributed by atoms with van der Waals surface area (Å²) in [5.41, 5.74) is 2.51. The highest BCUT2D eigenvalue weighted by atomic mass is 32.2. The molecule has 1 amide bonds. The third kappa shape index (κ3) is 7.93. The standard InChI is InChI=1S/C30H37N3O6S2/c1-22-27(38-2)17-24(18-28(22)39-3)30(35)32(14-10-13-23-11-6-4-7-12-23)19-29-31-25(20-40-29)26(34)21-41(36,37)33-15-8-5-9-16-33/h4,6-7,11-12,17-18,20H,5,8-10,13-16,19,21H2,1-3H3. The van der Waals surface area contributed by atoms with Crippen LogP contribution >= 0.6 is 11.3 Å². The second kappa shape index (κ2) is 14.1. The van der Waals surface area contributed by atoms with E-state index >= 15 is 0 Å². The summed E-state index contributed by atoms with van der Waals surface area (Å²) >= 11 is 1.24. The van der Waals surface area contributed by atoms with Crippen molar-refractivity contribution in [3.63, 3.8) is 0 Å². The monoisotopic (exact) mass is 599 g/mol. The lowest BCUT2D eigenvalue weighted by Crippen LogP contribution is -2.39. The van der Waals surface area contributed by atoms with Gasteiger partial charge in [-0.2, -0.15) is 0 Å². The summed E-state index contributed by atoms with van der Waals surface area (Å²) in [4.78, 5) is 32.8. The maximum Gasteiger partial charge on any atom is 0.254 e. The van der Waals surface area contributed by atoms with Gasteiger partial charge in [-0.3, -0.25) is 9.59 Å². The number of thiazole rings is 1. The molecule has 0 aliphatic carbocycles. The van der Waals surface area contributed by atoms with Crippen molar-refractivity contribution in [2.75, 3.05) is 39.6 Å². The van der Waals surface area contributed by atoms with Crippen LogP contribution in [0.4, 0.5) is 0 Å². The smallest absolute Gasteiger partial charge is 0.254 e. The summed E-state index contributed by atoms with van der Waals surface area (Å²) in [7, 11) is -0.591. The highest BCUT2D eigenvalue weighted by Gasteiger charge is 2.28. The number of carbonyl (C=O) groups excluding carboxylic acids is 2. The van der Waals surface area contributed by atoms with Crippen LogP contribution in [0.25, 0.3) is 0 Å². The Balaban J connectivity index is 1.51. The van der Waals surface area contributed by atoms with Crippen LogP contribution in [0, 0.1) is 6.92 Å². The van der Waals surface area contributed by atoms with Gasteiger partial charge in [0, 0.05) is 36.1 Å². The third-order valence-electron chi connectivity index (χ3n) is 7.21. The number of piperidine rings is 1. The molecular weight excluding hydrogens is 562 g/mol. The number of nitrogens with zero attached hydrogens (tertiary/aromatic N) is 3. The zero-order valence-corrected chi connectivity index (χ0v) is 25.4. The molecule has 11 heteroatoms. The minimum atomic E-state index is -3.69. The van der Waals surface area contributed by atoms with Gasteiger partial charge >= 0.3 is 0 Å². The lowest BCUT2D eigenvalue weighted by Gasteiger charge is -2.25. The molecule has 3 aromatic rings. The first-order valence-electron chi connectivity index (χ1n) is 13.7. The number of amides is 1. The summed E-state index contributed by atoms with van der Waals surface area (Å²) in [5.74, 6) is -0.250. The van der Waals surface area contributed by atoms with Gasteiger partial charge in [0.1, 0.15) is 28.0 Å². The highest BCUT2D eigenvalue weighted by Crippen LogP contribution is 2.30. The average molecular weight is 600 g/mol. The number of aryl methyl sites for hydroxylation is 1. The zero-order chi connectivity index (χ0) is 29.4. The minimum Gasteiger partial charge on any atom is -0.496 e. The van der Waals surface area contributed by atoms with Gasteiger partial charge in [0.15, 0.2) is 5.78 Å². The van der Waals surface area contributed by atoms with E-state index in [1.807, 2.05) is 25.1 Å². The molecule has 2 aromatic carbocycles. The van der Waals surface area contributed by atoms with Crippen molar-refractivity contribution in [1.82, 2.24) is 14.2 Å². The highest BCUT2D eigenvalue weighted by molar-refractivity contribution is 7.89. The van der Waals surface area contributed by atoms with Gasteiger partial charge in [-0.05, 0) is 50.3 Å². The van der Waals surface area contributed by atoms with E-state index in [0.717, 1.165) is 37.7 Å². The molecule has 0 bridgehead atoms. The first-order chi connectivity index (χ1) is 19.7. The van der Waals surface area contributed by atoms with Crippen LogP contribution in [-0.2, 0) is 23.0 Å². The maximum absolute atomic E-state index is 13.8. The first kappa shape index (κ1) is 30.7. The van der Waals surface area contributed by atoms with Crippen molar-refractivity contribution in [3.05, 3.63) is 75.2 Å². The summed E-state index contributed by atoms with van der Waals surface area (Å²) < 4.78 is 37.9. The minimum absolute atomic E-state index is 0.112. The maximum atomic E-state index is 13.8. The predicted molar refractivity (Wildman–Crippen MR) is 159 cm³/mol. The Morgan fingerprint density at radius 3 is 2.32 bits per heavy atom. The molecule has 0 atom stereocenters. The number of benzene rings is 2. The van der Waals surface area contributed by atoms with Crippen molar-refractivity contribution in [2.45, 2.75) is 45.6 Å². The van der Waals surface area contributed by atoms with Gasteiger partial charge in [0.2, 0.25) is 10.0 Å². The van der Waals surface area contributed by atoms with Crippen molar-refractivity contribution < 1.29 is 27.5 Å². The number of ether oxygens (including phenoxy) is 2. The Morgan fingerprint density at radius 2 is 1.68 bits per heavy atom. The summed E-state index contributed by atoms with van der Waals surface area (Å²) in [6, 6.07) is 13.5. The van der Waals surface area contributed by atoms with Gasteiger partial charge in [-0.25, -0.2) is 17.7 Å². The molecule has 0 N–H and O–H groups in total. The molecule has 1 aromatic heterocycles. The Morgan fingerprint density at radius 1 is 1.02 bits per heavy atom. The predicted octanol–water partition coefficient (Wildman–Crippen LogP) is 4.74. The van der Waals surface area contributed by atoms with Gasteiger partial charge in [0.25, 0.3) is 5.91 Å². The SMILES string of the molecule is COc1cc(C(=O)N(CCCc2ccccc2)Cc2nc(C(=O)CS(=O)(=O)N3CCCCC3)cs2)cc(OC)c1C. The van der Waals surface area contributed by atoms with E-state index in [1.165, 1.54) is 21.2 Å². The Labute approximate surface area is 246 Å². The molecular formula is C30H37N3O6S2. The number of rotatable bonds is 13. The number of hydrogen-bond donors (Lipinski definition) is 0. The van der Waals surface area contributed by atoms with E-state index in [4.69, 9.17) is 9.47 Å². The molecule has 4 rings (SSSR count). The van der Waals surface area contributed by atoms with E-state index in [0.29, 0.717) is 41.7 Å². The van der Waals surface area contributed by atoms with Crippen molar-refractivity contribution in [2.24, 2.45) is 0 Å². The van der Waals surface area contributed by atoms with Crippen LogP contribution in [0.1, 0.15) is 62.7 Å². The van der Waals surface area contributed by atoms with Crippen LogP contribution in [0.3, 0.4) is 0 Å². The van der Waals surface area contributed by atoms with Crippen molar-refractivity contribution in [1.29, 1.82) is 0 Å². The number of methoxy groups -OCH3 is 2. The number of hydrogen-bond acceptors (Lipinski definition) is 8. The molecule has 1 aliphatic rings. The number of carbonyl (C=O) groups is 2. The Hall–Kier alpha value is -3.28. The molecule has 0 unspecified atom stereocenters.